The van der Waals surface area contributed by atoms with Gasteiger partial charge in [0.25, 0.3) is 0 Å². The summed E-state index contributed by atoms with van der Waals surface area (Å²) >= 11 is 0. The number of hydrogen-bond acceptors (Lipinski definition) is 2. The number of benzene rings is 1. The fourth-order valence-corrected chi connectivity index (χ4v) is 1.95. The van der Waals surface area contributed by atoms with Crippen LogP contribution in [0.5, 0.6) is 0 Å². The first-order valence-electron chi connectivity index (χ1n) is 6.23. The summed E-state index contributed by atoms with van der Waals surface area (Å²) in [6.45, 7) is 6.67. The molecule has 0 heterocycles. The zero-order valence-corrected chi connectivity index (χ0v) is 11.2. The molecule has 1 amide bonds. The number of halogens is 1. The van der Waals surface area contributed by atoms with Crippen molar-refractivity contribution in [3.05, 3.63) is 35.6 Å². The molecule has 0 radical (unpaired) electrons. The molecular formula is C14H21FN2O. The molecule has 0 spiro atoms. The Bertz CT molecular complexity index is 403. The molecule has 0 bridgehead atoms. The number of nitrogens with two attached hydrogens (primary N) is 1. The number of amides is 1. The summed E-state index contributed by atoms with van der Waals surface area (Å²) in [5, 5.41) is 3.22. The summed E-state index contributed by atoms with van der Waals surface area (Å²) in [5.41, 5.74) is 5.33. The predicted molar refractivity (Wildman–Crippen MR) is 70.4 cm³/mol. The molecule has 100 valence electrons. The molecule has 0 saturated heterocycles. The Morgan fingerprint density at radius 2 is 1.94 bits per heavy atom. The lowest BCUT2D eigenvalue weighted by atomic mass is 9.86. The quantitative estimate of drug-likeness (QED) is 0.815. The van der Waals surface area contributed by atoms with Crippen LogP contribution in [0.2, 0.25) is 0 Å². The number of primary amides is 1. The highest BCUT2D eigenvalue weighted by Gasteiger charge is 2.36. The normalized spacial score (nSPS) is 14.5. The molecule has 0 fully saturated rings. The molecule has 0 aromatic heterocycles. The van der Waals surface area contributed by atoms with Crippen LogP contribution in [0.4, 0.5) is 4.39 Å². The molecule has 1 aromatic rings. The molecule has 0 aliphatic rings. The van der Waals surface area contributed by atoms with E-state index in [1.165, 1.54) is 12.1 Å². The first-order valence-corrected chi connectivity index (χ1v) is 6.23. The van der Waals surface area contributed by atoms with Gasteiger partial charge in [-0.2, -0.15) is 0 Å². The summed E-state index contributed by atoms with van der Waals surface area (Å²) in [5.74, 6) is -0.356. The van der Waals surface area contributed by atoms with E-state index in [0.29, 0.717) is 24.4 Å². The monoisotopic (exact) mass is 252 g/mol. The second-order valence-corrected chi connectivity index (χ2v) is 4.90. The van der Waals surface area contributed by atoms with E-state index < -0.39 is 11.4 Å². The van der Waals surface area contributed by atoms with Gasteiger partial charge in [-0.05, 0) is 36.6 Å². The number of hydrogen-bond donors (Lipinski definition) is 2. The zero-order valence-electron chi connectivity index (χ0n) is 11.2. The molecule has 1 atom stereocenters. The highest BCUT2D eigenvalue weighted by molar-refractivity contribution is 5.86. The van der Waals surface area contributed by atoms with Gasteiger partial charge in [-0.25, -0.2) is 4.39 Å². The van der Waals surface area contributed by atoms with Crippen molar-refractivity contribution in [3.63, 3.8) is 0 Å². The van der Waals surface area contributed by atoms with Crippen LogP contribution in [0, 0.1) is 11.7 Å². The Labute approximate surface area is 108 Å². The minimum atomic E-state index is -0.919. The standard InChI is InChI=1S/C14H21FN2O/c1-4-14(13(16)18,17-9-10(2)3)11-5-7-12(15)8-6-11/h5-8,10,17H,4,9H2,1-3H3,(H2,16,18). The molecule has 0 aliphatic carbocycles. The summed E-state index contributed by atoms with van der Waals surface area (Å²) < 4.78 is 13.0. The van der Waals surface area contributed by atoms with Crippen LogP contribution in [0.1, 0.15) is 32.8 Å². The lowest BCUT2D eigenvalue weighted by Crippen LogP contribution is -2.53. The highest BCUT2D eigenvalue weighted by atomic mass is 19.1. The Morgan fingerprint density at radius 1 is 1.39 bits per heavy atom. The van der Waals surface area contributed by atoms with E-state index in [4.69, 9.17) is 5.73 Å². The minimum absolute atomic E-state index is 0.322. The lowest BCUT2D eigenvalue weighted by molar-refractivity contribution is -0.125. The van der Waals surface area contributed by atoms with Gasteiger partial charge in [-0.3, -0.25) is 10.1 Å². The van der Waals surface area contributed by atoms with E-state index in [2.05, 4.69) is 19.2 Å². The minimum Gasteiger partial charge on any atom is -0.368 e. The van der Waals surface area contributed by atoms with E-state index in [-0.39, 0.29) is 5.82 Å². The van der Waals surface area contributed by atoms with E-state index in [1.54, 1.807) is 12.1 Å². The van der Waals surface area contributed by atoms with Gasteiger partial charge in [0.05, 0.1) is 0 Å². The average molecular weight is 252 g/mol. The van der Waals surface area contributed by atoms with Gasteiger partial charge >= 0.3 is 0 Å². The van der Waals surface area contributed by atoms with E-state index in [0.717, 1.165) is 0 Å². The fourth-order valence-electron chi connectivity index (χ4n) is 1.95. The molecule has 1 unspecified atom stereocenters. The summed E-state index contributed by atoms with van der Waals surface area (Å²) in [4.78, 5) is 11.8. The van der Waals surface area contributed by atoms with Crippen LogP contribution in [0.25, 0.3) is 0 Å². The molecule has 3 N–H and O–H groups in total. The van der Waals surface area contributed by atoms with Crippen molar-refractivity contribution < 1.29 is 9.18 Å². The van der Waals surface area contributed by atoms with Crippen LogP contribution in [0.3, 0.4) is 0 Å². The fraction of sp³-hybridized carbons (Fsp3) is 0.500. The van der Waals surface area contributed by atoms with Crippen molar-refractivity contribution in [1.29, 1.82) is 0 Å². The summed E-state index contributed by atoms with van der Waals surface area (Å²) in [6, 6.07) is 5.91. The van der Waals surface area contributed by atoms with Gasteiger partial charge in [0.15, 0.2) is 0 Å². The number of rotatable bonds is 6. The third kappa shape index (κ3) is 3.07. The second kappa shape index (κ2) is 5.96. The van der Waals surface area contributed by atoms with Gasteiger partial charge in [0.1, 0.15) is 11.4 Å². The molecule has 1 aromatic carbocycles. The van der Waals surface area contributed by atoms with Crippen LogP contribution < -0.4 is 11.1 Å². The van der Waals surface area contributed by atoms with Crippen LogP contribution in [-0.4, -0.2) is 12.5 Å². The maximum atomic E-state index is 13.0. The van der Waals surface area contributed by atoms with Crippen molar-refractivity contribution >= 4 is 5.91 Å². The Balaban J connectivity index is 3.10. The average Bonchev–Trinajstić information content (AvgIpc) is 2.31. The highest BCUT2D eigenvalue weighted by Crippen LogP contribution is 2.25. The van der Waals surface area contributed by atoms with Gasteiger partial charge in [-0.15, -0.1) is 0 Å². The van der Waals surface area contributed by atoms with Crippen molar-refractivity contribution in [2.24, 2.45) is 11.7 Å². The maximum absolute atomic E-state index is 13.0. The van der Waals surface area contributed by atoms with Gasteiger partial charge in [-0.1, -0.05) is 32.9 Å². The lowest BCUT2D eigenvalue weighted by Gasteiger charge is -2.32. The molecular weight excluding hydrogens is 231 g/mol. The zero-order chi connectivity index (χ0) is 13.8. The molecule has 0 aliphatic heterocycles. The van der Waals surface area contributed by atoms with E-state index in [1.807, 2.05) is 6.92 Å². The van der Waals surface area contributed by atoms with Gasteiger partial charge in [0.2, 0.25) is 5.91 Å². The van der Waals surface area contributed by atoms with Crippen LogP contribution in [-0.2, 0) is 10.3 Å². The topological polar surface area (TPSA) is 55.1 Å². The van der Waals surface area contributed by atoms with Gasteiger partial charge in [0, 0.05) is 0 Å². The van der Waals surface area contributed by atoms with Crippen LogP contribution in [0.15, 0.2) is 24.3 Å². The van der Waals surface area contributed by atoms with Crippen molar-refractivity contribution in [2.45, 2.75) is 32.7 Å². The molecule has 4 heteroatoms. The van der Waals surface area contributed by atoms with E-state index in [9.17, 15) is 9.18 Å². The number of carbonyl (C=O) groups is 1. The predicted octanol–water partition coefficient (Wildman–Crippen LogP) is 2.16. The molecule has 18 heavy (non-hydrogen) atoms. The molecule has 3 nitrogen and oxygen atoms in total. The third-order valence-corrected chi connectivity index (χ3v) is 3.10. The first-order chi connectivity index (χ1) is 8.42. The van der Waals surface area contributed by atoms with E-state index >= 15 is 0 Å². The Hall–Kier alpha value is -1.42. The first kappa shape index (κ1) is 14.6. The largest absolute Gasteiger partial charge is 0.368 e. The van der Waals surface area contributed by atoms with Crippen LogP contribution >= 0.6 is 0 Å². The number of nitrogens with one attached hydrogen (secondary N) is 1. The maximum Gasteiger partial charge on any atom is 0.242 e. The van der Waals surface area contributed by atoms with Crippen molar-refractivity contribution in [3.8, 4) is 0 Å². The second-order valence-electron chi connectivity index (χ2n) is 4.90. The smallest absolute Gasteiger partial charge is 0.242 e. The SMILES string of the molecule is CCC(NCC(C)C)(C(N)=O)c1ccc(F)cc1. The Morgan fingerprint density at radius 3 is 2.33 bits per heavy atom. The summed E-state index contributed by atoms with van der Waals surface area (Å²) in [6.07, 6.45) is 0.528. The number of carbonyl (C=O) groups excluding carboxylic acids is 1. The third-order valence-electron chi connectivity index (χ3n) is 3.10. The van der Waals surface area contributed by atoms with Crippen molar-refractivity contribution in [2.75, 3.05) is 6.54 Å². The van der Waals surface area contributed by atoms with Crippen molar-refractivity contribution in [1.82, 2.24) is 5.32 Å². The molecule has 0 saturated carbocycles. The van der Waals surface area contributed by atoms with Gasteiger partial charge < -0.3 is 5.73 Å². The molecule has 1 rings (SSSR count). The Kier molecular flexibility index (Phi) is 4.84. The summed E-state index contributed by atoms with van der Waals surface area (Å²) in [7, 11) is 0.